The Hall–Kier alpha value is -2.41. The van der Waals surface area contributed by atoms with E-state index in [-0.39, 0.29) is 5.41 Å². The van der Waals surface area contributed by atoms with Crippen molar-refractivity contribution in [3.8, 4) is 0 Å². The van der Waals surface area contributed by atoms with Gasteiger partial charge in [-0.2, -0.15) is 0 Å². The number of carbonyl (C=O) groups is 3. The van der Waals surface area contributed by atoms with Crippen molar-refractivity contribution < 1.29 is 24.6 Å². The summed E-state index contributed by atoms with van der Waals surface area (Å²) in [6.45, 7) is 6.58. The first-order valence-corrected chi connectivity index (χ1v) is 8.30. The quantitative estimate of drug-likeness (QED) is 0.665. The first kappa shape index (κ1) is 20.6. The fraction of sp³-hybridized carbons (Fsp3) is 0.500. The molecule has 0 aromatic heterocycles. The number of benzene rings is 1. The van der Waals surface area contributed by atoms with Crippen LogP contribution in [0, 0.1) is 5.92 Å². The molecule has 0 saturated heterocycles. The van der Waals surface area contributed by atoms with E-state index in [4.69, 9.17) is 19.8 Å². The number of likely N-dealkylation sites (N-methyl/N-ethyl adjacent to an activating group) is 1. The van der Waals surface area contributed by atoms with Crippen LogP contribution in [0.2, 0.25) is 0 Å². The molecule has 0 heterocycles. The molecule has 2 rings (SSSR count). The predicted molar refractivity (Wildman–Crippen MR) is 93.4 cm³/mol. The molecule has 0 bridgehead atoms. The van der Waals surface area contributed by atoms with Crippen LogP contribution < -0.4 is 5.32 Å². The SMILES string of the molecule is CCN(CC)C(=O)C1(c2ccccc2)CC1CNC.O=C(O)C(=O)O. The van der Waals surface area contributed by atoms with E-state index in [9.17, 15) is 4.79 Å². The number of hydrogen-bond donors (Lipinski definition) is 3. The van der Waals surface area contributed by atoms with Crippen LogP contribution in [0.4, 0.5) is 0 Å². The maximum absolute atomic E-state index is 12.9. The zero-order valence-corrected chi connectivity index (χ0v) is 14.9. The number of nitrogens with one attached hydrogen (secondary N) is 1. The molecule has 7 heteroatoms. The highest BCUT2D eigenvalue weighted by Gasteiger charge is 2.61. The van der Waals surface area contributed by atoms with Crippen LogP contribution >= 0.6 is 0 Å². The summed E-state index contributed by atoms with van der Waals surface area (Å²) in [5.74, 6) is -2.93. The zero-order valence-electron chi connectivity index (χ0n) is 14.9. The van der Waals surface area contributed by atoms with Gasteiger partial charge >= 0.3 is 11.9 Å². The van der Waals surface area contributed by atoms with Crippen molar-refractivity contribution in [2.45, 2.75) is 25.7 Å². The number of amides is 1. The summed E-state index contributed by atoms with van der Waals surface area (Å²) in [7, 11) is 1.95. The van der Waals surface area contributed by atoms with Gasteiger partial charge in [0.25, 0.3) is 0 Å². The molecule has 0 radical (unpaired) electrons. The highest BCUT2D eigenvalue weighted by atomic mass is 16.4. The Morgan fingerprint density at radius 3 is 2.04 bits per heavy atom. The third-order valence-electron chi connectivity index (χ3n) is 4.46. The topological polar surface area (TPSA) is 107 Å². The van der Waals surface area contributed by atoms with Gasteiger partial charge in [-0.3, -0.25) is 4.79 Å². The summed E-state index contributed by atoms with van der Waals surface area (Å²) in [4.78, 5) is 33.0. The molecule has 7 nitrogen and oxygen atoms in total. The van der Waals surface area contributed by atoms with E-state index in [2.05, 4.69) is 31.3 Å². The minimum Gasteiger partial charge on any atom is -0.473 e. The van der Waals surface area contributed by atoms with Crippen LogP contribution in [0.1, 0.15) is 25.8 Å². The minimum absolute atomic E-state index is 0.281. The molecule has 1 fully saturated rings. The van der Waals surface area contributed by atoms with Crippen LogP contribution in [-0.2, 0) is 19.8 Å². The van der Waals surface area contributed by atoms with E-state index in [0.29, 0.717) is 11.8 Å². The van der Waals surface area contributed by atoms with E-state index in [1.54, 1.807) is 0 Å². The fourth-order valence-electron chi connectivity index (χ4n) is 3.09. The number of hydrogen-bond acceptors (Lipinski definition) is 4. The highest BCUT2D eigenvalue weighted by molar-refractivity contribution is 6.27. The summed E-state index contributed by atoms with van der Waals surface area (Å²) in [6, 6.07) is 10.3. The minimum atomic E-state index is -1.82. The summed E-state index contributed by atoms with van der Waals surface area (Å²) < 4.78 is 0. The molecule has 1 aliphatic rings. The van der Waals surface area contributed by atoms with Crippen molar-refractivity contribution >= 4 is 17.8 Å². The molecule has 1 amide bonds. The second kappa shape index (κ2) is 9.17. The van der Waals surface area contributed by atoms with Gasteiger partial charge in [0.15, 0.2) is 0 Å². The van der Waals surface area contributed by atoms with Gasteiger partial charge in [0.05, 0.1) is 5.41 Å². The number of rotatable bonds is 6. The Morgan fingerprint density at radius 1 is 1.12 bits per heavy atom. The lowest BCUT2D eigenvalue weighted by Crippen LogP contribution is -2.41. The van der Waals surface area contributed by atoms with Crippen LogP contribution in [0.25, 0.3) is 0 Å². The van der Waals surface area contributed by atoms with Crippen molar-refractivity contribution in [3.05, 3.63) is 35.9 Å². The fourth-order valence-corrected chi connectivity index (χ4v) is 3.09. The first-order chi connectivity index (χ1) is 11.8. The van der Waals surface area contributed by atoms with Gasteiger partial charge in [0.2, 0.25) is 5.91 Å². The maximum Gasteiger partial charge on any atom is 0.414 e. The summed E-state index contributed by atoms with van der Waals surface area (Å²) in [5.41, 5.74) is 0.892. The molecule has 0 aliphatic heterocycles. The molecule has 3 N–H and O–H groups in total. The highest BCUT2D eigenvalue weighted by Crippen LogP contribution is 2.55. The molecule has 0 spiro atoms. The monoisotopic (exact) mass is 350 g/mol. The molecule has 1 aromatic rings. The lowest BCUT2D eigenvalue weighted by Gasteiger charge is -2.26. The molecule has 2 unspecified atom stereocenters. The van der Waals surface area contributed by atoms with Crippen molar-refractivity contribution in [3.63, 3.8) is 0 Å². The van der Waals surface area contributed by atoms with Gasteiger partial charge < -0.3 is 20.4 Å². The number of carbonyl (C=O) groups excluding carboxylic acids is 1. The van der Waals surface area contributed by atoms with Gasteiger partial charge in [0.1, 0.15) is 0 Å². The van der Waals surface area contributed by atoms with Crippen LogP contribution in [0.5, 0.6) is 0 Å². The van der Waals surface area contributed by atoms with Gasteiger partial charge in [-0.1, -0.05) is 30.3 Å². The van der Waals surface area contributed by atoms with Crippen molar-refractivity contribution in [2.75, 3.05) is 26.7 Å². The standard InChI is InChI=1S/C16H24N2O.C2H2O4/c1-4-18(5-2)15(19)16(11-14(16)12-17-3)13-9-7-6-8-10-13;3-1(4)2(5)6/h6-10,14,17H,4-5,11-12H2,1-3H3;(H,3,4)(H,5,6). The lowest BCUT2D eigenvalue weighted by atomic mass is 9.91. The lowest BCUT2D eigenvalue weighted by molar-refractivity contribution is -0.159. The molecular formula is C18H26N2O5. The Bertz CT molecular complexity index is 589. The van der Waals surface area contributed by atoms with Crippen LogP contribution in [0.3, 0.4) is 0 Å². The molecular weight excluding hydrogens is 324 g/mol. The second-order valence-corrected chi connectivity index (χ2v) is 5.88. The number of carboxylic acids is 2. The van der Waals surface area contributed by atoms with Gasteiger partial charge in [0, 0.05) is 13.1 Å². The first-order valence-electron chi connectivity index (χ1n) is 8.30. The van der Waals surface area contributed by atoms with Crippen LogP contribution in [-0.4, -0.2) is 59.6 Å². The largest absolute Gasteiger partial charge is 0.473 e. The number of aliphatic carboxylic acids is 2. The average Bonchev–Trinajstić information content (AvgIpc) is 3.32. The normalized spacial score (nSPS) is 20.8. The third kappa shape index (κ3) is 4.79. The molecule has 1 aromatic carbocycles. The van der Waals surface area contributed by atoms with Gasteiger partial charge in [-0.25, -0.2) is 9.59 Å². The number of carboxylic acid groups (broad SMARTS) is 2. The molecule has 138 valence electrons. The summed E-state index contributed by atoms with van der Waals surface area (Å²) in [6.07, 6.45) is 0.965. The van der Waals surface area contributed by atoms with Crippen molar-refractivity contribution in [1.82, 2.24) is 10.2 Å². The summed E-state index contributed by atoms with van der Waals surface area (Å²) in [5, 5.41) is 18.0. The average molecular weight is 350 g/mol. The molecule has 25 heavy (non-hydrogen) atoms. The Balaban J connectivity index is 0.000000450. The van der Waals surface area contributed by atoms with Gasteiger partial charge in [-0.05, 0) is 45.3 Å². The predicted octanol–water partition coefficient (Wildman–Crippen LogP) is 1.19. The van der Waals surface area contributed by atoms with Crippen LogP contribution in [0.15, 0.2) is 30.3 Å². The zero-order chi connectivity index (χ0) is 19.0. The van der Waals surface area contributed by atoms with E-state index in [1.807, 2.05) is 30.1 Å². The van der Waals surface area contributed by atoms with Gasteiger partial charge in [-0.15, -0.1) is 0 Å². The summed E-state index contributed by atoms with van der Waals surface area (Å²) >= 11 is 0. The van der Waals surface area contributed by atoms with E-state index in [0.717, 1.165) is 26.1 Å². The molecule has 2 atom stereocenters. The molecule has 1 aliphatic carbocycles. The van der Waals surface area contributed by atoms with Crippen molar-refractivity contribution in [2.24, 2.45) is 5.92 Å². The number of nitrogens with zero attached hydrogens (tertiary/aromatic N) is 1. The van der Waals surface area contributed by atoms with Crippen molar-refractivity contribution in [1.29, 1.82) is 0 Å². The third-order valence-corrected chi connectivity index (χ3v) is 4.46. The Morgan fingerprint density at radius 2 is 1.64 bits per heavy atom. The Labute approximate surface area is 147 Å². The van der Waals surface area contributed by atoms with E-state index >= 15 is 0 Å². The smallest absolute Gasteiger partial charge is 0.414 e. The Kier molecular flexibility index (Phi) is 7.57. The van der Waals surface area contributed by atoms with E-state index < -0.39 is 11.9 Å². The van der Waals surface area contributed by atoms with E-state index in [1.165, 1.54) is 5.56 Å². The maximum atomic E-state index is 12.9. The second-order valence-electron chi connectivity index (χ2n) is 5.88. The molecule has 1 saturated carbocycles.